The van der Waals surface area contributed by atoms with Gasteiger partial charge < -0.3 is 14.7 Å². The van der Waals surface area contributed by atoms with Gasteiger partial charge in [-0.2, -0.15) is 5.01 Å². The number of imide groups is 2. The number of nitro benzene ring substituents is 2. The summed E-state index contributed by atoms with van der Waals surface area (Å²) in [5.74, 6) is -7.88. The van der Waals surface area contributed by atoms with Gasteiger partial charge in [-0.3, -0.25) is 44.8 Å². The second kappa shape index (κ2) is 13.8. The number of nitrogens with one attached hydrogen (secondary N) is 1. The molecule has 3 fully saturated rings. The Morgan fingerprint density at radius 3 is 2.12 bits per heavy atom. The molecule has 16 nitrogen and oxygen atoms in total. The Bertz CT molecular complexity index is 2430. The Labute approximate surface area is 331 Å². The van der Waals surface area contributed by atoms with Gasteiger partial charge >= 0.3 is 11.4 Å². The van der Waals surface area contributed by atoms with Crippen LogP contribution in [0.2, 0.25) is 0 Å². The first-order valence-electron chi connectivity index (χ1n) is 18.6. The molecule has 0 unspecified atom stereocenters. The number of aryl methyl sites for hydroxylation is 1. The summed E-state index contributed by atoms with van der Waals surface area (Å²) in [5.41, 5.74) is 2.02. The predicted octanol–water partition coefficient (Wildman–Crippen LogP) is 5.78. The first-order chi connectivity index (χ1) is 27.7. The number of benzene rings is 4. The lowest BCUT2D eigenvalue weighted by molar-refractivity contribution is -0.392. The third-order valence-corrected chi connectivity index (χ3v) is 12.1. The molecule has 8 rings (SSSR count). The summed E-state index contributed by atoms with van der Waals surface area (Å²) >= 11 is 0. The Kier molecular flexibility index (Phi) is 9.01. The molecule has 16 heteroatoms. The highest BCUT2D eigenvalue weighted by molar-refractivity contribution is 6.23. The number of anilines is 3. The minimum atomic E-state index is -1.69. The van der Waals surface area contributed by atoms with E-state index < -0.39 is 79.9 Å². The molecular formula is C42H38N6O10. The maximum Gasteiger partial charge on any atom is 0.301 e. The average molecular weight is 787 g/mol. The van der Waals surface area contributed by atoms with Crippen LogP contribution in [-0.2, 0) is 24.6 Å². The maximum atomic E-state index is 15.4. The topological polar surface area (TPSA) is 206 Å². The van der Waals surface area contributed by atoms with E-state index in [-0.39, 0.29) is 41.3 Å². The summed E-state index contributed by atoms with van der Waals surface area (Å²) in [5, 5.41) is 37.2. The number of phenolic OH excluding ortho intramolecular Hbond substituents is 1. The van der Waals surface area contributed by atoms with E-state index in [1.54, 1.807) is 60.7 Å². The van der Waals surface area contributed by atoms with Crippen molar-refractivity contribution in [1.82, 2.24) is 5.01 Å². The first-order valence-corrected chi connectivity index (χ1v) is 18.6. The number of allylic oxidation sites excluding steroid dienone is 2. The van der Waals surface area contributed by atoms with E-state index in [2.05, 4.69) is 5.43 Å². The molecule has 1 saturated carbocycles. The van der Waals surface area contributed by atoms with Crippen LogP contribution < -0.4 is 20.0 Å². The van der Waals surface area contributed by atoms with Crippen LogP contribution in [0.1, 0.15) is 35.4 Å². The number of carbonyl (C=O) groups excluding carboxylic acids is 4. The van der Waals surface area contributed by atoms with E-state index in [9.17, 15) is 39.7 Å². The second-order valence-electron chi connectivity index (χ2n) is 15.2. The number of methoxy groups -OCH3 is 1. The third-order valence-electron chi connectivity index (χ3n) is 12.1. The lowest BCUT2D eigenvalue weighted by Crippen LogP contribution is -2.53. The smallest absolute Gasteiger partial charge is 0.301 e. The van der Waals surface area contributed by atoms with E-state index in [0.29, 0.717) is 16.8 Å². The molecule has 2 N–H and O–H groups in total. The van der Waals surface area contributed by atoms with Crippen molar-refractivity contribution < 1.29 is 38.9 Å². The van der Waals surface area contributed by atoms with Gasteiger partial charge in [0.15, 0.2) is 5.69 Å². The third kappa shape index (κ3) is 5.42. The number of carbonyl (C=O) groups is 4. The molecule has 4 aromatic carbocycles. The van der Waals surface area contributed by atoms with Crippen molar-refractivity contribution in [2.75, 3.05) is 36.4 Å². The number of hydrogen-bond acceptors (Lipinski definition) is 12. The van der Waals surface area contributed by atoms with Crippen molar-refractivity contribution in [1.29, 1.82) is 0 Å². The fraction of sp³-hybridized carbons (Fsp3) is 0.286. The minimum Gasteiger partial charge on any atom is -0.508 e. The molecule has 2 saturated heterocycles. The predicted molar refractivity (Wildman–Crippen MR) is 210 cm³/mol. The number of aromatic hydroxyl groups is 1. The molecule has 6 atom stereocenters. The van der Waals surface area contributed by atoms with Crippen LogP contribution in [-0.4, -0.2) is 64.8 Å². The maximum absolute atomic E-state index is 15.4. The highest BCUT2D eigenvalue weighted by Crippen LogP contribution is 2.66. The fourth-order valence-electron chi connectivity index (χ4n) is 9.77. The van der Waals surface area contributed by atoms with Crippen molar-refractivity contribution in [3.05, 3.63) is 133 Å². The van der Waals surface area contributed by atoms with Crippen molar-refractivity contribution in [3.63, 3.8) is 0 Å². The Hall–Kier alpha value is -7.10. The summed E-state index contributed by atoms with van der Waals surface area (Å²) < 4.78 is 5.82. The molecule has 0 spiro atoms. The molecule has 4 aliphatic rings. The molecule has 2 aliphatic heterocycles. The van der Waals surface area contributed by atoms with Crippen molar-refractivity contribution in [2.45, 2.75) is 31.1 Å². The van der Waals surface area contributed by atoms with Crippen molar-refractivity contribution in [2.24, 2.45) is 23.7 Å². The SMILES string of the molecule is COc1cccc(O)c1[C@H]1C2=CC[C@@H]3C(=O)N(c4cc([N+](=O)[O-])c(N(C)C)c([N+](=O)[O-])c4)C(=O)[C@@H]3[C@@H]2C[C@H]2C(=O)N(Nc3ccc(C)cc3)C(=O)[C@@]12c1ccccc1. The van der Waals surface area contributed by atoms with Crippen LogP contribution in [0.5, 0.6) is 11.5 Å². The summed E-state index contributed by atoms with van der Waals surface area (Å²) in [6, 6.07) is 22.5. The zero-order chi connectivity index (χ0) is 41.4. The monoisotopic (exact) mass is 786 g/mol. The normalized spacial score (nSPS) is 24.8. The average Bonchev–Trinajstić information content (AvgIpc) is 3.59. The molecule has 296 valence electrons. The quantitative estimate of drug-likeness (QED) is 0.0897. The van der Waals surface area contributed by atoms with E-state index >= 15 is 4.79 Å². The van der Waals surface area contributed by atoms with Crippen LogP contribution >= 0.6 is 0 Å². The van der Waals surface area contributed by atoms with Gasteiger partial charge in [0.1, 0.15) is 11.5 Å². The van der Waals surface area contributed by atoms with E-state index in [0.717, 1.165) is 27.6 Å². The number of rotatable bonds is 9. The van der Waals surface area contributed by atoms with Gasteiger partial charge in [-0.15, -0.1) is 0 Å². The molecule has 2 heterocycles. The number of phenols is 1. The van der Waals surface area contributed by atoms with E-state index in [4.69, 9.17) is 4.74 Å². The van der Waals surface area contributed by atoms with Crippen LogP contribution in [0.15, 0.2) is 96.6 Å². The standard InChI is InChI=1S/C42H38N6O10/c1-22-13-15-24(16-14-22)43-46-39(51)29-21-28-26(36(35-32(49)11-8-12-33(35)58-4)42(29,41(46)53)23-9-6-5-7-10-23)17-18-27-34(28)40(52)45(38(27)50)25-19-30(47(54)55)37(44(2)3)31(20-25)48(56)57/h5-17,19-20,27-29,34,36,43,49H,18,21H2,1-4H3/t27-,28+,29-,34-,36+,42+/m0/s1. The van der Waals surface area contributed by atoms with Gasteiger partial charge in [0.25, 0.3) is 11.8 Å². The number of nitro groups is 2. The number of hydrogen-bond donors (Lipinski definition) is 2. The molecular weight excluding hydrogens is 748 g/mol. The van der Waals surface area contributed by atoms with Gasteiger partial charge in [-0.05, 0) is 55.5 Å². The number of fused-ring (bicyclic) bond motifs is 4. The molecule has 0 radical (unpaired) electrons. The van der Waals surface area contributed by atoms with Crippen LogP contribution in [0, 0.1) is 50.8 Å². The zero-order valence-electron chi connectivity index (χ0n) is 31.8. The summed E-state index contributed by atoms with van der Waals surface area (Å²) in [6.07, 6.45) is 1.70. The molecule has 4 amide bonds. The lowest BCUT2D eigenvalue weighted by Gasteiger charge is -2.50. The van der Waals surface area contributed by atoms with E-state index in [1.165, 1.54) is 32.2 Å². The van der Waals surface area contributed by atoms with Gasteiger partial charge in [-0.1, -0.05) is 65.7 Å². The molecule has 4 aromatic rings. The second-order valence-corrected chi connectivity index (χ2v) is 15.2. The highest BCUT2D eigenvalue weighted by atomic mass is 16.6. The van der Waals surface area contributed by atoms with Crippen LogP contribution in [0.4, 0.5) is 28.4 Å². The highest BCUT2D eigenvalue weighted by Gasteiger charge is 2.71. The molecule has 0 bridgehead atoms. The Morgan fingerprint density at radius 1 is 0.862 bits per heavy atom. The molecule has 2 aliphatic carbocycles. The van der Waals surface area contributed by atoms with Gasteiger partial charge in [-0.25, -0.2) is 4.90 Å². The fourth-order valence-corrected chi connectivity index (χ4v) is 9.77. The van der Waals surface area contributed by atoms with Crippen LogP contribution in [0.3, 0.4) is 0 Å². The van der Waals surface area contributed by atoms with Crippen molar-refractivity contribution >= 4 is 52.1 Å². The minimum absolute atomic E-state index is 0.00699. The van der Waals surface area contributed by atoms with Gasteiger partial charge in [0.05, 0.1) is 51.5 Å². The van der Waals surface area contributed by atoms with Crippen molar-refractivity contribution in [3.8, 4) is 11.5 Å². The Morgan fingerprint density at radius 2 is 1.52 bits per heavy atom. The Balaban J connectivity index is 1.32. The van der Waals surface area contributed by atoms with Gasteiger partial charge in [0, 0.05) is 37.7 Å². The van der Waals surface area contributed by atoms with Crippen LogP contribution in [0.25, 0.3) is 0 Å². The number of ether oxygens (including phenoxy) is 1. The number of hydrazine groups is 1. The van der Waals surface area contributed by atoms with Gasteiger partial charge in [0.2, 0.25) is 11.8 Å². The van der Waals surface area contributed by atoms with E-state index in [1.807, 2.05) is 19.1 Å². The molecule has 0 aromatic heterocycles. The first kappa shape index (κ1) is 37.8. The number of nitrogens with zero attached hydrogens (tertiary/aromatic N) is 5. The summed E-state index contributed by atoms with van der Waals surface area (Å²) in [4.78, 5) is 84.4. The lowest BCUT2D eigenvalue weighted by atomic mass is 9.49. The number of amides is 4. The molecule has 58 heavy (non-hydrogen) atoms. The zero-order valence-corrected chi connectivity index (χ0v) is 31.8. The summed E-state index contributed by atoms with van der Waals surface area (Å²) in [7, 11) is 4.23. The summed E-state index contributed by atoms with van der Waals surface area (Å²) in [6.45, 7) is 1.90. The largest absolute Gasteiger partial charge is 0.508 e.